The van der Waals surface area contributed by atoms with Gasteiger partial charge in [0.25, 0.3) is 0 Å². The molecule has 29 heavy (non-hydrogen) atoms. The molecule has 0 aromatic heterocycles. The van der Waals surface area contributed by atoms with E-state index >= 15 is 0 Å². The molecular formula is C21H24ClN5O2. The molecule has 2 saturated heterocycles. The summed E-state index contributed by atoms with van der Waals surface area (Å²) in [5, 5.41) is 6.64. The van der Waals surface area contributed by atoms with E-state index in [-0.39, 0.29) is 24.0 Å². The molecule has 4 rings (SSSR count). The normalized spacial score (nSPS) is 21.4. The smallest absolute Gasteiger partial charge is 0.227 e. The number of anilines is 3. The van der Waals surface area contributed by atoms with Gasteiger partial charge in [-0.3, -0.25) is 9.59 Å². The first-order chi connectivity index (χ1) is 14.0. The highest BCUT2D eigenvalue weighted by Crippen LogP contribution is 2.30. The van der Waals surface area contributed by atoms with Crippen LogP contribution in [-0.2, 0) is 9.59 Å². The molecule has 2 aliphatic heterocycles. The van der Waals surface area contributed by atoms with Crippen LogP contribution in [0.15, 0.2) is 42.5 Å². The van der Waals surface area contributed by atoms with Gasteiger partial charge in [-0.05, 0) is 42.3 Å². The van der Waals surface area contributed by atoms with Crippen molar-refractivity contribution in [2.24, 2.45) is 0 Å². The predicted octanol–water partition coefficient (Wildman–Crippen LogP) is 3.40. The maximum Gasteiger partial charge on any atom is 0.227 e. The minimum atomic E-state index is -0.133. The molecule has 2 atom stereocenters. The molecule has 152 valence electrons. The maximum atomic E-state index is 11.9. The molecule has 2 unspecified atom stereocenters. The van der Waals surface area contributed by atoms with Crippen LogP contribution in [0.2, 0.25) is 5.02 Å². The molecule has 2 aromatic rings. The van der Waals surface area contributed by atoms with E-state index in [4.69, 9.17) is 11.6 Å². The number of amides is 2. The fourth-order valence-electron chi connectivity index (χ4n) is 3.78. The third-order valence-corrected chi connectivity index (χ3v) is 5.52. The van der Waals surface area contributed by atoms with Crippen LogP contribution in [0.25, 0.3) is 0 Å². The zero-order valence-electron chi connectivity index (χ0n) is 16.2. The highest BCUT2D eigenvalue weighted by atomic mass is 35.5. The molecule has 2 aromatic carbocycles. The van der Waals surface area contributed by atoms with Gasteiger partial charge in [0.15, 0.2) is 0 Å². The van der Waals surface area contributed by atoms with Gasteiger partial charge >= 0.3 is 0 Å². The van der Waals surface area contributed by atoms with E-state index in [1.165, 1.54) is 6.92 Å². The van der Waals surface area contributed by atoms with Crippen molar-refractivity contribution in [1.29, 1.82) is 0 Å². The predicted molar refractivity (Wildman–Crippen MR) is 115 cm³/mol. The molecule has 0 aliphatic carbocycles. The molecule has 2 fully saturated rings. The fraction of sp³-hybridized carbons (Fsp3) is 0.333. The summed E-state index contributed by atoms with van der Waals surface area (Å²) in [4.78, 5) is 24.9. The highest BCUT2D eigenvalue weighted by Gasteiger charge is 2.26. The van der Waals surface area contributed by atoms with Crippen molar-refractivity contribution >= 4 is 40.5 Å². The van der Waals surface area contributed by atoms with E-state index < -0.39 is 0 Å². The number of hydrogen-bond acceptors (Lipinski definition) is 5. The Kier molecular flexibility index (Phi) is 5.71. The quantitative estimate of drug-likeness (QED) is 0.603. The molecule has 0 radical (unpaired) electrons. The summed E-state index contributed by atoms with van der Waals surface area (Å²) in [7, 11) is 0. The zero-order valence-corrected chi connectivity index (χ0v) is 16.9. The number of nitrogens with one attached hydrogen (secondary N) is 4. The van der Waals surface area contributed by atoms with Crippen LogP contribution >= 0.6 is 11.6 Å². The van der Waals surface area contributed by atoms with Gasteiger partial charge in [0.2, 0.25) is 11.8 Å². The van der Waals surface area contributed by atoms with Gasteiger partial charge in [0.05, 0.1) is 16.9 Å². The van der Waals surface area contributed by atoms with Crippen molar-refractivity contribution in [3.8, 4) is 0 Å². The van der Waals surface area contributed by atoms with Crippen LogP contribution in [0.4, 0.5) is 17.1 Å². The van der Waals surface area contributed by atoms with Crippen molar-refractivity contribution in [3.63, 3.8) is 0 Å². The van der Waals surface area contributed by atoms with Gasteiger partial charge in [-0.25, -0.2) is 10.9 Å². The summed E-state index contributed by atoms with van der Waals surface area (Å²) in [6.45, 7) is 2.26. The van der Waals surface area contributed by atoms with Gasteiger partial charge in [-0.1, -0.05) is 23.7 Å². The van der Waals surface area contributed by atoms with Crippen molar-refractivity contribution in [2.75, 3.05) is 22.1 Å². The van der Waals surface area contributed by atoms with Crippen LogP contribution in [0.3, 0.4) is 0 Å². The van der Waals surface area contributed by atoms with Crippen molar-refractivity contribution < 1.29 is 9.59 Å². The topological polar surface area (TPSA) is 85.5 Å². The number of benzene rings is 2. The fourth-order valence-corrected chi connectivity index (χ4v) is 4.01. The first kappa shape index (κ1) is 19.7. The van der Waals surface area contributed by atoms with E-state index in [0.29, 0.717) is 17.1 Å². The molecule has 4 N–H and O–H groups in total. The Hall–Kier alpha value is -2.61. The Balaban J connectivity index is 1.37. The summed E-state index contributed by atoms with van der Waals surface area (Å²) in [5.74, 6) is 0.0652. The lowest BCUT2D eigenvalue weighted by Gasteiger charge is -2.17. The van der Waals surface area contributed by atoms with Crippen LogP contribution in [0, 0.1) is 0 Å². The van der Waals surface area contributed by atoms with E-state index in [0.717, 1.165) is 36.3 Å². The van der Waals surface area contributed by atoms with Crippen molar-refractivity contribution in [1.82, 2.24) is 10.9 Å². The molecule has 2 aliphatic rings. The summed E-state index contributed by atoms with van der Waals surface area (Å²) in [6, 6.07) is 13.7. The standard InChI is InChI=1S/C21H24ClN5O2/c1-13(28)23-15-6-9-18(17(22)11-15)24-20-12-19(25-26-20)14-4-7-16(8-5-14)27-10-2-3-21(27)29/h4-9,11,19-20,24-26H,2-3,10,12H2,1H3,(H,23,28). The lowest BCUT2D eigenvalue weighted by Crippen LogP contribution is -2.35. The third-order valence-electron chi connectivity index (χ3n) is 5.20. The largest absolute Gasteiger partial charge is 0.367 e. The van der Waals surface area contributed by atoms with Gasteiger partial charge in [0.1, 0.15) is 0 Å². The molecule has 0 saturated carbocycles. The van der Waals surface area contributed by atoms with Gasteiger partial charge in [-0.15, -0.1) is 0 Å². The Labute approximate surface area is 174 Å². The SMILES string of the molecule is CC(=O)Nc1ccc(NC2CC(c3ccc(N4CCCC4=O)cc3)NN2)c(Cl)c1. The van der Waals surface area contributed by atoms with Gasteiger partial charge < -0.3 is 15.5 Å². The van der Waals surface area contributed by atoms with Gasteiger partial charge in [-0.2, -0.15) is 0 Å². The van der Waals surface area contributed by atoms with E-state index in [1.807, 2.05) is 29.2 Å². The van der Waals surface area contributed by atoms with E-state index in [1.54, 1.807) is 6.07 Å². The Bertz CT molecular complexity index is 918. The van der Waals surface area contributed by atoms with Crippen molar-refractivity contribution in [3.05, 3.63) is 53.1 Å². The average Bonchev–Trinajstić information content (AvgIpc) is 3.33. The number of carbonyl (C=O) groups is 2. The number of carbonyl (C=O) groups excluding carboxylic acids is 2. The second-order valence-electron chi connectivity index (χ2n) is 7.39. The average molecular weight is 414 g/mol. The second kappa shape index (κ2) is 8.41. The van der Waals surface area contributed by atoms with Crippen LogP contribution in [-0.4, -0.2) is 24.5 Å². The summed E-state index contributed by atoms with van der Waals surface area (Å²) in [5.41, 5.74) is 10.1. The van der Waals surface area contributed by atoms with Crippen LogP contribution in [0.1, 0.15) is 37.8 Å². The molecule has 8 heteroatoms. The highest BCUT2D eigenvalue weighted by molar-refractivity contribution is 6.33. The lowest BCUT2D eigenvalue weighted by molar-refractivity contribution is -0.117. The van der Waals surface area contributed by atoms with Crippen LogP contribution in [0.5, 0.6) is 0 Å². The zero-order chi connectivity index (χ0) is 20.4. The molecular weight excluding hydrogens is 390 g/mol. The molecule has 0 bridgehead atoms. The summed E-state index contributed by atoms with van der Waals surface area (Å²) >= 11 is 6.34. The van der Waals surface area contributed by atoms with E-state index in [9.17, 15) is 9.59 Å². The number of halogens is 1. The van der Waals surface area contributed by atoms with Crippen LogP contribution < -0.4 is 26.4 Å². The lowest BCUT2D eigenvalue weighted by atomic mass is 10.0. The number of hydrazine groups is 1. The third kappa shape index (κ3) is 4.53. The first-order valence-corrected chi connectivity index (χ1v) is 10.1. The maximum absolute atomic E-state index is 11.9. The monoisotopic (exact) mass is 413 g/mol. The Morgan fingerprint density at radius 1 is 1.17 bits per heavy atom. The second-order valence-corrected chi connectivity index (χ2v) is 7.80. The Morgan fingerprint density at radius 2 is 1.97 bits per heavy atom. The number of rotatable bonds is 5. The minimum Gasteiger partial charge on any atom is -0.367 e. The Morgan fingerprint density at radius 3 is 2.62 bits per heavy atom. The molecule has 0 spiro atoms. The molecule has 7 nitrogen and oxygen atoms in total. The first-order valence-electron chi connectivity index (χ1n) is 9.74. The number of hydrogen-bond donors (Lipinski definition) is 4. The van der Waals surface area contributed by atoms with E-state index in [2.05, 4.69) is 33.6 Å². The summed E-state index contributed by atoms with van der Waals surface area (Å²) in [6.07, 6.45) is 2.39. The molecule has 2 heterocycles. The summed E-state index contributed by atoms with van der Waals surface area (Å²) < 4.78 is 0. The minimum absolute atomic E-state index is 0.00366. The van der Waals surface area contributed by atoms with Crippen molar-refractivity contribution in [2.45, 2.75) is 38.4 Å². The van der Waals surface area contributed by atoms with Gasteiger partial charge in [0, 0.05) is 43.7 Å². The number of nitrogens with zero attached hydrogens (tertiary/aromatic N) is 1. The molecule has 2 amide bonds.